The Morgan fingerprint density at radius 2 is 1.72 bits per heavy atom. The van der Waals surface area contributed by atoms with Gasteiger partial charge in [0, 0.05) is 16.9 Å². The van der Waals surface area contributed by atoms with Crippen molar-refractivity contribution in [2.45, 2.75) is 34.6 Å². The molecule has 0 aliphatic carbocycles. The third-order valence-electron chi connectivity index (χ3n) is 2.91. The molecular weight excluding hydrogens is 458 g/mol. The van der Waals surface area contributed by atoms with Crippen molar-refractivity contribution in [3.8, 4) is 5.95 Å². The summed E-state index contributed by atoms with van der Waals surface area (Å²) in [6, 6.07) is 7.00. The minimum Gasteiger partial charge on any atom is -0.462 e. The van der Waals surface area contributed by atoms with E-state index in [4.69, 9.17) is 4.74 Å². The number of hydrogen-bond acceptors (Lipinski definition) is 8. The van der Waals surface area contributed by atoms with Crippen LogP contribution in [0.25, 0.3) is 16.9 Å². The Balaban J connectivity index is 0. The van der Waals surface area contributed by atoms with Gasteiger partial charge in [-0.1, -0.05) is 39.8 Å². The molecule has 0 unspecified atom stereocenters. The molecular formula is C20H32ClN5O5S. The number of halogens is 1. The number of H-pyrrole nitrogens is 1. The maximum Gasteiger partial charge on any atom is 0.341 e. The molecule has 0 saturated heterocycles. The smallest absolute Gasteiger partial charge is 0.341 e. The average Bonchev–Trinajstić information content (AvgIpc) is 3.28. The zero-order valence-electron chi connectivity index (χ0n) is 19.4. The minimum absolute atomic E-state index is 0.245. The van der Waals surface area contributed by atoms with Crippen molar-refractivity contribution < 1.29 is 17.9 Å². The molecule has 0 amide bonds. The van der Waals surface area contributed by atoms with Crippen LogP contribution in [-0.4, -0.2) is 54.0 Å². The number of carbonyl (C=O) groups is 1. The van der Waals surface area contributed by atoms with Gasteiger partial charge in [-0.05, 0) is 26.1 Å². The van der Waals surface area contributed by atoms with Crippen LogP contribution in [0.2, 0.25) is 0 Å². The molecule has 1 aromatic carbocycles. The van der Waals surface area contributed by atoms with Gasteiger partial charge in [-0.25, -0.2) is 22.9 Å². The quantitative estimate of drug-likeness (QED) is 0.420. The summed E-state index contributed by atoms with van der Waals surface area (Å²) in [6.45, 7) is 10.0. The third kappa shape index (κ3) is 11.6. The highest BCUT2D eigenvalue weighted by Gasteiger charge is 2.12. The largest absolute Gasteiger partial charge is 0.462 e. The molecule has 32 heavy (non-hydrogen) atoms. The Morgan fingerprint density at radius 3 is 2.25 bits per heavy atom. The second kappa shape index (κ2) is 16.9. The van der Waals surface area contributed by atoms with Gasteiger partial charge in [-0.3, -0.25) is 9.78 Å². The van der Waals surface area contributed by atoms with Crippen molar-refractivity contribution >= 4 is 36.6 Å². The molecule has 0 spiro atoms. The Morgan fingerprint density at radius 1 is 1.19 bits per heavy atom. The Bertz CT molecular complexity index is 1090. The van der Waals surface area contributed by atoms with Gasteiger partial charge < -0.3 is 10.5 Å². The molecule has 3 N–H and O–H groups in total. The number of hydrogen-bond donors (Lipinski definition) is 2. The van der Waals surface area contributed by atoms with Gasteiger partial charge in [0.25, 0.3) is 5.56 Å². The van der Waals surface area contributed by atoms with Gasteiger partial charge in [0.15, 0.2) is 0 Å². The number of benzene rings is 1. The number of nitrogens with one attached hydrogen (secondary N) is 1. The summed E-state index contributed by atoms with van der Waals surface area (Å²) in [6.07, 6.45) is 3.76. The average molecular weight is 490 g/mol. The monoisotopic (exact) mass is 489 g/mol. The number of nitrogens with zero attached hydrogens (tertiary/aromatic N) is 3. The molecule has 12 heteroatoms. The van der Waals surface area contributed by atoms with E-state index < -0.39 is 15.0 Å². The maximum absolute atomic E-state index is 12.0. The zero-order chi connectivity index (χ0) is 25.3. The SMILES string of the molecule is CC.CC.CCOC(=O)c1cnn(-c2nc3ccccc3c(=O)[nH]2)c1.CN.CS(=O)(=O)Cl. The summed E-state index contributed by atoms with van der Waals surface area (Å²) in [4.78, 5) is 30.5. The summed E-state index contributed by atoms with van der Waals surface area (Å²) in [5.74, 6) is -0.221. The van der Waals surface area contributed by atoms with Gasteiger partial charge in [-0.15, -0.1) is 0 Å². The van der Waals surface area contributed by atoms with E-state index in [2.05, 4.69) is 31.5 Å². The standard InChI is InChI=1S/C14H12N4O3.2C2H6.CH3ClO2S.CH5N/c1-2-21-13(20)9-7-15-18(8-9)14-16-11-6-4-3-5-10(11)12(19)17-14;2*1-2;1-5(2,3)4;1-2/h3-8H,2H2,1H3,(H,16,17,19);2*1-2H3;1H3;2H2,1H3. The van der Waals surface area contributed by atoms with Crippen LogP contribution in [-0.2, 0) is 13.8 Å². The van der Waals surface area contributed by atoms with Crippen LogP contribution in [0.1, 0.15) is 45.0 Å². The molecule has 0 saturated carbocycles. The number of ether oxygens (including phenoxy) is 1. The minimum atomic E-state index is -3.19. The Labute approximate surface area is 193 Å². The maximum atomic E-state index is 12.0. The van der Waals surface area contributed by atoms with E-state index >= 15 is 0 Å². The molecule has 3 rings (SSSR count). The van der Waals surface area contributed by atoms with Crippen LogP contribution in [0, 0.1) is 0 Å². The molecule has 180 valence electrons. The van der Waals surface area contributed by atoms with Crippen LogP contribution >= 0.6 is 10.7 Å². The summed E-state index contributed by atoms with van der Waals surface area (Å²) in [5.41, 5.74) is 5.10. The fourth-order valence-electron chi connectivity index (χ4n) is 1.94. The molecule has 0 atom stereocenters. The zero-order valence-corrected chi connectivity index (χ0v) is 21.0. The van der Waals surface area contributed by atoms with Gasteiger partial charge in [0.05, 0.1) is 35.5 Å². The Hall–Kier alpha value is -2.76. The third-order valence-corrected chi connectivity index (χ3v) is 2.91. The van der Waals surface area contributed by atoms with E-state index in [1.165, 1.54) is 24.1 Å². The van der Waals surface area contributed by atoms with Crippen LogP contribution in [0.15, 0.2) is 41.5 Å². The van der Waals surface area contributed by atoms with Crippen molar-refractivity contribution in [1.29, 1.82) is 0 Å². The lowest BCUT2D eigenvalue weighted by molar-refractivity contribution is 0.0526. The fourth-order valence-corrected chi connectivity index (χ4v) is 1.94. The first-order chi connectivity index (χ1) is 15.2. The number of nitrogens with two attached hydrogens (primary N) is 1. The molecule has 0 bridgehead atoms. The number of para-hydroxylation sites is 1. The molecule has 10 nitrogen and oxygen atoms in total. The number of esters is 1. The first kappa shape index (κ1) is 31.4. The molecule has 0 aliphatic heterocycles. The van der Waals surface area contributed by atoms with Crippen molar-refractivity contribution in [1.82, 2.24) is 19.7 Å². The van der Waals surface area contributed by atoms with Crippen LogP contribution in [0.5, 0.6) is 0 Å². The summed E-state index contributed by atoms with van der Waals surface area (Å²) in [7, 11) is 2.81. The molecule has 0 fully saturated rings. The molecule has 0 radical (unpaired) electrons. The molecule has 2 aromatic heterocycles. The lowest BCUT2D eigenvalue weighted by Gasteiger charge is -2.02. The molecule has 3 aromatic rings. The fraction of sp³-hybridized carbons (Fsp3) is 0.400. The van der Waals surface area contributed by atoms with Crippen LogP contribution in [0.3, 0.4) is 0 Å². The van der Waals surface area contributed by atoms with Crippen LogP contribution in [0.4, 0.5) is 0 Å². The number of carbonyl (C=O) groups excluding carboxylic acids is 1. The van der Waals surface area contributed by atoms with E-state index in [1.54, 1.807) is 31.2 Å². The topological polar surface area (TPSA) is 150 Å². The normalized spacial score (nSPS) is 9.41. The first-order valence-corrected chi connectivity index (χ1v) is 12.6. The second-order valence-electron chi connectivity index (χ2n) is 4.98. The highest BCUT2D eigenvalue weighted by molar-refractivity contribution is 8.13. The van der Waals surface area contributed by atoms with Crippen molar-refractivity contribution in [3.05, 3.63) is 52.6 Å². The van der Waals surface area contributed by atoms with E-state index in [9.17, 15) is 18.0 Å². The second-order valence-corrected chi connectivity index (χ2v) is 8.03. The number of aromatic nitrogens is 4. The summed E-state index contributed by atoms with van der Waals surface area (Å²) in [5, 5.41) is 4.52. The number of rotatable bonds is 3. The van der Waals surface area contributed by atoms with Gasteiger partial charge in [-0.2, -0.15) is 5.10 Å². The first-order valence-electron chi connectivity index (χ1n) is 9.87. The predicted octanol–water partition coefficient (Wildman–Crippen LogP) is 3.10. The predicted molar refractivity (Wildman–Crippen MR) is 129 cm³/mol. The van der Waals surface area contributed by atoms with E-state index in [0.717, 1.165) is 6.26 Å². The van der Waals surface area contributed by atoms with E-state index in [1.807, 2.05) is 27.7 Å². The molecule has 0 aliphatic rings. The highest BCUT2D eigenvalue weighted by atomic mass is 35.7. The van der Waals surface area contributed by atoms with Gasteiger partial charge in [0.2, 0.25) is 15.0 Å². The lowest BCUT2D eigenvalue weighted by atomic mass is 10.2. The van der Waals surface area contributed by atoms with Gasteiger partial charge >= 0.3 is 5.97 Å². The highest BCUT2D eigenvalue weighted by Crippen LogP contribution is 2.09. The van der Waals surface area contributed by atoms with E-state index in [0.29, 0.717) is 16.5 Å². The van der Waals surface area contributed by atoms with Crippen LogP contribution < -0.4 is 11.3 Å². The lowest BCUT2D eigenvalue weighted by Crippen LogP contribution is -2.13. The number of aromatic amines is 1. The van der Waals surface area contributed by atoms with Crippen molar-refractivity contribution in [2.75, 3.05) is 19.9 Å². The summed E-state index contributed by atoms with van der Waals surface area (Å²) >= 11 is 0. The molecule has 2 heterocycles. The van der Waals surface area contributed by atoms with Crippen molar-refractivity contribution in [2.24, 2.45) is 5.73 Å². The van der Waals surface area contributed by atoms with E-state index in [-0.39, 0.29) is 18.1 Å². The van der Waals surface area contributed by atoms with Crippen molar-refractivity contribution in [3.63, 3.8) is 0 Å². The summed E-state index contributed by atoms with van der Waals surface area (Å²) < 4.78 is 25.0. The number of fused-ring (bicyclic) bond motifs is 1. The van der Waals surface area contributed by atoms with Gasteiger partial charge in [0.1, 0.15) is 0 Å². The Kier molecular flexibility index (Phi) is 16.6.